The first-order chi connectivity index (χ1) is 9.60. The second kappa shape index (κ2) is 4.94. The quantitative estimate of drug-likeness (QED) is 0.912. The lowest BCUT2D eigenvalue weighted by molar-refractivity contribution is -0.136. The van der Waals surface area contributed by atoms with Crippen LogP contribution in [-0.2, 0) is 22.5 Å². The molecular formula is C16H20N2O2. The topological polar surface area (TPSA) is 45.3 Å². The average Bonchev–Trinajstić information content (AvgIpc) is 2.77. The van der Waals surface area contributed by atoms with Crippen molar-refractivity contribution in [3.8, 4) is 0 Å². The van der Waals surface area contributed by atoms with Crippen molar-refractivity contribution in [1.82, 2.24) is 9.88 Å². The predicted octanol–water partition coefficient (Wildman–Crippen LogP) is 2.32. The third-order valence-corrected chi connectivity index (χ3v) is 4.05. The monoisotopic (exact) mass is 272 g/mol. The second-order valence-corrected chi connectivity index (χ2v) is 5.58. The van der Waals surface area contributed by atoms with Gasteiger partial charge in [-0.15, -0.1) is 0 Å². The summed E-state index contributed by atoms with van der Waals surface area (Å²) in [5.41, 5.74) is 6.28. The van der Waals surface area contributed by atoms with Gasteiger partial charge in [0, 0.05) is 48.8 Å². The maximum absolute atomic E-state index is 12.0. The molecule has 20 heavy (non-hydrogen) atoms. The van der Waals surface area contributed by atoms with Gasteiger partial charge in [-0.3, -0.25) is 4.79 Å². The lowest BCUT2D eigenvalue weighted by atomic mass is 10.0. The number of rotatable bonds is 2. The summed E-state index contributed by atoms with van der Waals surface area (Å²) in [5.74, 6) is 0.0666. The van der Waals surface area contributed by atoms with E-state index in [1.54, 1.807) is 7.11 Å². The Morgan fingerprint density at radius 3 is 2.95 bits per heavy atom. The fraction of sp³-hybridized carbons (Fsp3) is 0.438. The first kappa shape index (κ1) is 13.2. The summed E-state index contributed by atoms with van der Waals surface area (Å²) >= 11 is 0. The molecule has 0 atom stereocenters. The maximum Gasteiger partial charge on any atom is 0.248 e. The zero-order chi connectivity index (χ0) is 14.3. The van der Waals surface area contributed by atoms with Crippen LogP contribution in [0.2, 0.25) is 0 Å². The highest BCUT2D eigenvalue weighted by atomic mass is 16.5. The molecule has 4 nitrogen and oxygen atoms in total. The summed E-state index contributed by atoms with van der Waals surface area (Å²) in [7, 11) is 1.56. The fourth-order valence-corrected chi connectivity index (χ4v) is 3.10. The second-order valence-electron chi connectivity index (χ2n) is 5.58. The number of methoxy groups -OCH3 is 1. The Hall–Kier alpha value is -1.81. The summed E-state index contributed by atoms with van der Waals surface area (Å²) in [6.45, 7) is 5.85. The molecule has 1 amide bonds. The molecule has 106 valence electrons. The van der Waals surface area contributed by atoms with E-state index in [1.165, 1.54) is 33.3 Å². The number of hydrogen-bond acceptors (Lipinski definition) is 2. The van der Waals surface area contributed by atoms with E-state index in [0.717, 1.165) is 13.0 Å². The van der Waals surface area contributed by atoms with Crippen molar-refractivity contribution in [1.29, 1.82) is 0 Å². The van der Waals surface area contributed by atoms with Crippen molar-refractivity contribution >= 4 is 16.8 Å². The summed E-state index contributed by atoms with van der Waals surface area (Å²) < 4.78 is 4.95. The van der Waals surface area contributed by atoms with Gasteiger partial charge < -0.3 is 14.6 Å². The number of ether oxygens (including phenoxy) is 1. The van der Waals surface area contributed by atoms with Crippen LogP contribution < -0.4 is 0 Å². The van der Waals surface area contributed by atoms with E-state index in [2.05, 4.69) is 31.0 Å². The molecule has 1 aliphatic heterocycles. The van der Waals surface area contributed by atoms with E-state index in [1.807, 2.05) is 4.90 Å². The summed E-state index contributed by atoms with van der Waals surface area (Å²) in [4.78, 5) is 17.4. The average molecular weight is 272 g/mol. The Kier molecular flexibility index (Phi) is 3.26. The first-order valence-corrected chi connectivity index (χ1v) is 6.97. The summed E-state index contributed by atoms with van der Waals surface area (Å²) in [6.07, 6.45) is 0.887. The van der Waals surface area contributed by atoms with Crippen LogP contribution in [0.3, 0.4) is 0 Å². The van der Waals surface area contributed by atoms with E-state index in [4.69, 9.17) is 4.74 Å². The molecule has 1 aliphatic rings. The Morgan fingerprint density at radius 1 is 1.40 bits per heavy atom. The highest BCUT2D eigenvalue weighted by Crippen LogP contribution is 2.30. The number of aryl methyl sites for hydroxylation is 2. The van der Waals surface area contributed by atoms with E-state index >= 15 is 0 Å². The van der Waals surface area contributed by atoms with Crippen LogP contribution in [0.1, 0.15) is 22.4 Å². The number of H-pyrrole nitrogens is 1. The van der Waals surface area contributed by atoms with Crippen LogP contribution >= 0.6 is 0 Å². The van der Waals surface area contributed by atoms with Gasteiger partial charge in [-0.25, -0.2) is 0 Å². The Morgan fingerprint density at radius 2 is 2.20 bits per heavy atom. The highest BCUT2D eigenvalue weighted by Gasteiger charge is 2.24. The van der Waals surface area contributed by atoms with Gasteiger partial charge in [-0.2, -0.15) is 0 Å². The third kappa shape index (κ3) is 2.10. The van der Waals surface area contributed by atoms with E-state index in [-0.39, 0.29) is 12.5 Å². The number of hydrogen-bond donors (Lipinski definition) is 1. The van der Waals surface area contributed by atoms with Crippen LogP contribution in [0.25, 0.3) is 10.9 Å². The molecule has 1 N–H and O–H groups in total. The lowest BCUT2D eigenvalue weighted by Gasteiger charge is -2.27. The van der Waals surface area contributed by atoms with Crippen LogP contribution in [0.5, 0.6) is 0 Å². The molecule has 2 aromatic rings. The smallest absolute Gasteiger partial charge is 0.248 e. The maximum atomic E-state index is 12.0. The van der Waals surface area contributed by atoms with Crippen molar-refractivity contribution in [3.05, 3.63) is 34.5 Å². The van der Waals surface area contributed by atoms with E-state index < -0.39 is 0 Å². The number of aromatic amines is 1. The minimum absolute atomic E-state index is 0.0666. The third-order valence-electron chi connectivity index (χ3n) is 4.05. The van der Waals surface area contributed by atoms with Gasteiger partial charge in [0.2, 0.25) is 5.91 Å². The molecule has 0 unspecified atom stereocenters. The van der Waals surface area contributed by atoms with Crippen molar-refractivity contribution in [2.24, 2.45) is 0 Å². The van der Waals surface area contributed by atoms with Crippen molar-refractivity contribution in [3.63, 3.8) is 0 Å². The highest BCUT2D eigenvalue weighted by molar-refractivity contribution is 5.89. The summed E-state index contributed by atoms with van der Waals surface area (Å²) in [5, 5.41) is 1.26. The van der Waals surface area contributed by atoms with Crippen LogP contribution in [0.4, 0.5) is 0 Å². The zero-order valence-corrected chi connectivity index (χ0v) is 12.2. The SMILES string of the molecule is COCC(=O)N1CCc2[nH]c3c(C)cc(C)cc3c2C1. The lowest BCUT2D eigenvalue weighted by Crippen LogP contribution is -2.37. The van der Waals surface area contributed by atoms with Gasteiger partial charge in [0.15, 0.2) is 0 Å². The fourth-order valence-electron chi connectivity index (χ4n) is 3.10. The molecule has 0 aliphatic carbocycles. The van der Waals surface area contributed by atoms with E-state index in [0.29, 0.717) is 6.54 Å². The molecule has 3 rings (SSSR count). The summed E-state index contributed by atoms with van der Waals surface area (Å²) in [6, 6.07) is 4.40. The number of nitrogens with zero attached hydrogens (tertiary/aromatic N) is 1. The Labute approximate surface area is 118 Å². The largest absolute Gasteiger partial charge is 0.375 e. The standard InChI is InChI=1S/C16H20N2O2/c1-10-6-11(2)16-12(7-10)13-8-18(15(19)9-20-3)5-4-14(13)17-16/h6-7,17H,4-5,8-9H2,1-3H3. The van der Waals surface area contributed by atoms with Gasteiger partial charge in [0.1, 0.15) is 6.61 Å². The normalized spacial score (nSPS) is 14.7. The number of fused-ring (bicyclic) bond motifs is 3. The zero-order valence-electron chi connectivity index (χ0n) is 12.2. The number of nitrogens with one attached hydrogen (secondary N) is 1. The van der Waals surface area contributed by atoms with Crippen molar-refractivity contribution in [2.75, 3.05) is 20.3 Å². The molecule has 0 saturated heterocycles. The minimum Gasteiger partial charge on any atom is -0.375 e. The van der Waals surface area contributed by atoms with Crippen molar-refractivity contribution in [2.45, 2.75) is 26.8 Å². The predicted molar refractivity (Wildman–Crippen MR) is 78.8 cm³/mol. The molecule has 2 heterocycles. The van der Waals surface area contributed by atoms with Crippen molar-refractivity contribution < 1.29 is 9.53 Å². The van der Waals surface area contributed by atoms with Crippen LogP contribution in [-0.4, -0.2) is 36.1 Å². The first-order valence-electron chi connectivity index (χ1n) is 6.97. The van der Waals surface area contributed by atoms with Gasteiger partial charge in [-0.1, -0.05) is 11.6 Å². The van der Waals surface area contributed by atoms with Gasteiger partial charge >= 0.3 is 0 Å². The molecule has 0 fully saturated rings. The molecule has 1 aromatic heterocycles. The minimum atomic E-state index is 0.0666. The molecular weight excluding hydrogens is 252 g/mol. The number of carbonyl (C=O) groups is 1. The van der Waals surface area contributed by atoms with Gasteiger partial charge in [-0.05, 0) is 25.5 Å². The van der Waals surface area contributed by atoms with Crippen LogP contribution in [0.15, 0.2) is 12.1 Å². The number of benzene rings is 1. The molecule has 0 bridgehead atoms. The van der Waals surface area contributed by atoms with Crippen LogP contribution in [0, 0.1) is 13.8 Å². The van der Waals surface area contributed by atoms with Gasteiger partial charge in [0.25, 0.3) is 0 Å². The number of carbonyl (C=O) groups excluding carboxylic acids is 1. The Balaban J connectivity index is 2.02. The molecule has 1 aromatic carbocycles. The molecule has 4 heteroatoms. The number of aromatic nitrogens is 1. The number of amides is 1. The molecule has 0 saturated carbocycles. The Bertz CT molecular complexity index is 673. The van der Waals surface area contributed by atoms with E-state index in [9.17, 15) is 4.79 Å². The molecule has 0 spiro atoms. The van der Waals surface area contributed by atoms with Gasteiger partial charge in [0.05, 0.1) is 0 Å². The molecule has 0 radical (unpaired) electrons.